The first-order chi connectivity index (χ1) is 8.06. The number of hydrogen-bond donors (Lipinski definition) is 2. The van der Waals surface area contributed by atoms with Gasteiger partial charge in [-0.05, 0) is 19.3 Å². The summed E-state index contributed by atoms with van der Waals surface area (Å²) in [5, 5.41) is 20.0. The highest BCUT2D eigenvalue weighted by Crippen LogP contribution is 2.38. The molecule has 1 fully saturated rings. The Balaban J connectivity index is 2.83. The smallest absolute Gasteiger partial charge is 0.309 e. The third-order valence-corrected chi connectivity index (χ3v) is 3.88. The number of hydrogen-bond acceptors (Lipinski definition) is 3. The summed E-state index contributed by atoms with van der Waals surface area (Å²) < 4.78 is 5.30. The largest absolute Gasteiger partial charge is 0.481 e. The normalized spacial score (nSPS) is 31.1. The molecule has 0 bridgehead atoms. The Morgan fingerprint density at radius 2 is 2.24 bits per heavy atom. The number of aliphatic hydroxyl groups is 1. The van der Waals surface area contributed by atoms with Gasteiger partial charge in [-0.3, -0.25) is 4.79 Å². The molecular weight excluding hydrogens is 220 g/mol. The molecule has 0 aliphatic heterocycles. The fraction of sp³-hybridized carbons (Fsp3) is 0.923. The molecule has 0 saturated heterocycles. The van der Waals surface area contributed by atoms with Crippen LogP contribution in [0.25, 0.3) is 0 Å². The van der Waals surface area contributed by atoms with Gasteiger partial charge in [-0.2, -0.15) is 0 Å². The lowest BCUT2D eigenvalue weighted by Gasteiger charge is -2.42. The fourth-order valence-electron chi connectivity index (χ4n) is 2.86. The molecule has 4 heteroatoms. The molecule has 1 rings (SSSR count). The van der Waals surface area contributed by atoms with E-state index in [0.29, 0.717) is 12.8 Å². The molecule has 0 amide bonds. The lowest BCUT2D eigenvalue weighted by molar-refractivity contribution is -0.177. The Labute approximate surface area is 103 Å². The zero-order valence-electron chi connectivity index (χ0n) is 10.8. The van der Waals surface area contributed by atoms with E-state index in [1.54, 1.807) is 7.11 Å². The first kappa shape index (κ1) is 14.5. The van der Waals surface area contributed by atoms with Crippen molar-refractivity contribution in [3.63, 3.8) is 0 Å². The summed E-state index contributed by atoms with van der Waals surface area (Å²) in [6.45, 7) is 2.03. The second-order valence-electron chi connectivity index (χ2n) is 4.99. The number of carbonyl (C=O) groups is 1. The molecule has 0 aromatic heterocycles. The minimum absolute atomic E-state index is 0.339. The summed E-state index contributed by atoms with van der Waals surface area (Å²) >= 11 is 0. The molecule has 4 nitrogen and oxygen atoms in total. The summed E-state index contributed by atoms with van der Waals surface area (Å²) in [4.78, 5) is 11.4. The van der Waals surface area contributed by atoms with Crippen molar-refractivity contribution in [1.29, 1.82) is 0 Å². The van der Waals surface area contributed by atoms with Gasteiger partial charge in [0, 0.05) is 7.11 Å². The molecule has 0 aromatic carbocycles. The quantitative estimate of drug-likeness (QED) is 0.751. The minimum atomic E-state index is -1.19. The van der Waals surface area contributed by atoms with E-state index in [1.165, 1.54) is 0 Å². The molecule has 0 spiro atoms. The number of ether oxygens (including phenoxy) is 1. The van der Waals surface area contributed by atoms with E-state index in [1.807, 2.05) is 6.92 Å². The molecule has 17 heavy (non-hydrogen) atoms. The van der Waals surface area contributed by atoms with E-state index in [9.17, 15) is 15.0 Å². The van der Waals surface area contributed by atoms with Crippen molar-refractivity contribution in [2.24, 2.45) is 5.92 Å². The monoisotopic (exact) mass is 244 g/mol. The lowest BCUT2D eigenvalue weighted by atomic mass is 9.72. The highest BCUT2D eigenvalue weighted by atomic mass is 16.5. The molecule has 0 heterocycles. The molecule has 3 atom stereocenters. The third-order valence-electron chi connectivity index (χ3n) is 3.88. The zero-order valence-corrected chi connectivity index (χ0v) is 10.8. The van der Waals surface area contributed by atoms with Crippen LogP contribution < -0.4 is 0 Å². The summed E-state index contributed by atoms with van der Waals surface area (Å²) in [6.07, 6.45) is 5.13. The van der Waals surface area contributed by atoms with Crippen LogP contribution in [0.15, 0.2) is 0 Å². The average molecular weight is 244 g/mol. The van der Waals surface area contributed by atoms with Crippen LogP contribution in [-0.2, 0) is 9.53 Å². The van der Waals surface area contributed by atoms with Crippen LogP contribution in [0, 0.1) is 5.92 Å². The summed E-state index contributed by atoms with van der Waals surface area (Å²) in [7, 11) is 1.56. The maximum absolute atomic E-state index is 11.4. The summed E-state index contributed by atoms with van der Waals surface area (Å²) in [5.41, 5.74) is -1.19. The molecule has 3 unspecified atom stereocenters. The predicted molar refractivity (Wildman–Crippen MR) is 64.9 cm³/mol. The van der Waals surface area contributed by atoms with Crippen LogP contribution in [-0.4, -0.2) is 35.0 Å². The molecule has 2 N–H and O–H groups in total. The number of carboxylic acids is 1. The Bertz CT molecular complexity index is 254. The molecule has 1 aliphatic carbocycles. The summed E-state index contributed by atoms with van der Waals surface area (Å²) in [5.74, 6) is -1.60. The van der Waals surface area contributed by atoms with Gasteiger partial charge in [-0.1, -0.05) is 32.6 Å². The standard InChI is InChI=1S/C13H24O4/c1-3-4-7-10(12(14)15)13(16)9-6-5-8-11(13)17-2/h10-11,16H,3-9H2,1-2H3,(H,14,15). The Morgan fingerprint density at radius 1 is 1.53 bits per heavy atom. The van der Waals surface area contributed by atoms with Gasteiger partial charge in [0.05, 0.1) is 12.0 Å². The molecule has 0 aromatic rings. The number of aliphatic carboxylic acids is 1. The SMILES string of the molecule is CCCCC(C(=O)O)C1(O)CCCCC1OC. The van der Waals surface area contributed by atoms with Crippen LogP contribution in [0.5, 0.6) is 0 Å². The Hall–Kier alpha value is -0.610. The van der Waals surface area contributed by atoms with Crippen molar-refractivity contribution >= 4 is 5.97 Å². The van der Waals surface area contributed by atoms with Crippen molar-refractivity contribution < 1.29 is 19.7 Å². The van der Waals surface area contributed by atoms with Gasteiger partial charge in [-0.15, -0.1) is 0 Å². The second-order valence-corrected chi connectivity index (χ2v) is 4.99. The van der Waals surface area contributed by atoms with E-state index < -0.39 is 17.5 Å². The zero-order chi connectivity index (χ0) is 12.9. The van der Waals surface area contributed by atoms with Gasteiger partial charge in [-0.25, -0.2) is 0 Å². The molecule has 100 valence electrons. The number of carboxylic acid groups (broad SMARTS) is 1. The highest BCUT2D eigenvalue weighted by Gasteiger charge is 2.48. The topological polar surface area (TPSA) is 66.8 Å². The van der Waals surface area contributed by atoms with Crippen LogP contribution >= 0.6 is 0 Å². The van der Waals surface area contributed by atoms with Crippen LogP contribution in [0.2, 0.25) is 0 Å². The lowest BCUT2D eigenvalue weighted by Crippen LogP contribution is -2.54. The molecule has 0 radical (unpaired) electrons. The maximum atomic E-state index is 11.4. The van der Waals surface area contributed by atoms with E-state index in [0.717, 1.165) is 32.1 Å². The van der Waals surface area contributed by atoms with Gasteiger partial charge >= 0.3 is 5.97 Å². The van der Waals surface area contributed by atoms with Gasteiger partial charge in [0.1, 0.15) is 5.60 Å². The van der Waals surface area contributed by atoms with E-state index in [-0.39, 0.29) is 6.10 Å². The molecular formula is C13H24O4. The first-order valence-electron chi connectivity index (χ1n) is 6.54. The van der Waals surface area contributed by atoms with Crippen LogP contribution in [0.4, 0.5) is 0 Å². The molecule has 1 saturated carbocycles. The molecule has 1 aliphatic rings. The number of rotatable bonds is 6. The predicted octanol–water partition coefficient (Wildman–Crippen LogP) is 2.20. The average Bonchev–Trinajstić information content (AvgIpc) is 2.29. The number of methoxy groups -OCH3 is 1. The van der Waals surface area contributed by atoms with E-state index >= 15 is 0 Å². The summed E-state index contributed by atoms with van der Waals surface area (Å²) in [6, 6.07) is 0. The van der Waals surface area contributed by atoms with Crippen molar-refractivity contribution in [2.45, 2.75) is 63.6 Å². The van der Waals surface area contributed by atoms with Crippen molar-refractivity contribution in [2.75, 3.05) is 7.11 Å². The van der Waals surface area contributed by atoms with Crippen molar-refractivity contribution in [3.8, 4) is 0 Å². The maximum Gasteiger partial charge on any atom is 0.309 e. The first-order valence-corrected chi connectivity index (χ1v) is 6.54. The minimum Gasteiger partial charge on any atom is -0.481 e. The van der Waals surface area contributed by atoms with Crippen LogP contribution in [0.3, 0.4) is 0 Å². The van der Waals surface area contributed by atoms with Gasteiger partial charge in [0.15, 0.2) is 0 Å². The Kier molecular flexibility index (Phi) is 5.40. The number of unbranched alkanes of at least 4 members (excludes halogenated alkanes) is 1. The fourth-order valence-corrected chi connectivity index (χ4v) is 2.86. The van der Waals surface area contributed by atoms with Crippen molar-refractivity contribution in [3.05, 3.63) is 0 Å². The van der Waals surface area contributed by atoms with Gasteiger partial charge in [0.25, 0.3) is 0 Å². The van der Waals surface area contributed by atoms with Gasteiger partial charge in [0.2, 0.25) is 0 Å². The second kappa shape index (κ2) is 6.36. The highest BCUT2D eigenvalue weighted by molar-refractivity contribution is 5.71. The van der Waals surface area contributed by atoms with Crippen LogP contribution in [0.1, 0.15) is 51.9 Å². The van der Waals surface area contributed by atoms with Gasteiger partial charge < -0.3 is 14.9 Å². The third kappa shape index (κ3) is 3.19. The van der Waals surface area contributed by atoms with E-state index in [2.05, 4.69) is 0 Å². The Morgan fingerprint density at radius 3 is 2.76 bits per heavy atom. The van der Waals surface area contributed by atoms with Crippen molar-refractivity contribution in [1.82, 2.24) is 0 Å². The van der Waals surface area contributed by atoms with E-state index in [4.69, 9.17) is 4.74 Å².